The molecule has 0 saturated carbocycles. The number of nitro groups is 1. The summed E-state index contributed by atoms with van der Waals surface area (Å²) >= 11 is 3.15. The highest BCUT2D eigenvalue weighted by Gasteiger charge is 2.26. The molecule has 0 saturated heterocycles. The number of carbonyl (C=O) groups excluding carboxylic acids is 1. The first-order valence-electron chi connectivity index (χ1n) is 4.75. The Balaban J connectivity index is 2.52. The lowest BCUT2D eigenvalue weighted by Gasteiger charge is -2.14. The Morgan fingerprint density at radius 1 is 1.56 bits per heavy atom. The van der Waals surface area contributed by atoms with Gasteiger partial charge in [-0.25, -0.2) is 0 Å². The van der Waals surface area contributed by atoms with Crippen LogP contribution in [0.1, 0.15) is 12.5 Å². The fraction of sp³-hybridized carbons (Fsp3) is 0.300. The van der Waals surface area contributed by atoms with Gasteiger partial charge < -0.3 is 4.90 Å². The first-order chi connectivity index (χ1) is 7.50. The van der Waals surface area contributed by atoms with Gasteiger partial charge in [0.1, 0.15) is 0 Å². The second-order valence-corrected chi connectivity index (χ2v) is 4.46. The van der Waals surface area contributed by atoms with Crippen LogP contribution in [0.25, 0.3) is 0 Å². The molecule has 6 heteroatoms. The molecule has 1 aliphatic heterocycles. The maximum absolute atomic E-state index is 11.3. The Morgan fingerprint density at radius 3 is 2.81 bits per heavy atom. The van der Waals surface area contributed by atoms with Crippen molar-refractivity contribution in [2.24, 2.45) is 0 Å². The van der Waals surface area contributed by atoms with E-state index in [-0.39, 0.29) is 11.6 Å². The summed E-state index contributed by atoms with van der Waals surface area (Å²) in [4.78, 5) is 23.2. The van der Waals surface area contributed by atoms with Crippen LogP contribution in [0.2, 0.25) is 0 Å². The zero-order chi connectivity index (χ0) is 11.9. The van der Waals surface area contributed by atoms with Crippen molar-refractivity contribution in [2.75, 3.05) is 11.4 Å². The molecule has 0 aliphatic carbocycles. The van der Waals surface area contributed by atoms with Crippen molar-refractivity contribution >= 4 is 33.2 Å². The maximum Gasteiger partial charge on any atom is 0.283 e. The quantitative estimate of drug-likeness (QED) is 0.587. The number of rotatable bonds is 1. The van der Waals surface area contributed by atoms with E-state index >= 15 is 0 Å². The van der Waals surface area contributed by atoms with Crippen LogP contribution >= 0.6 is 15.9 Å². The van der Waals surface area contributed by atoms with E-state index in [2.05, 4.69) is 15.9 Å². The number of hydrogen-bond donors (Lipinski definition) is 0. The SMILES string of the molecule is CC(=O)N1CCc2cc([N+](=O)[O-])c(Br)cc21. The summed E-state index contributed by atoms with van der Waals surface area (Å²) in [6, 6.07) is 3.17. The summed E-state index contributed by atoms with van der Waals surface area (Å²) in [5.74, 6) is -0.0421. The molecule has 0 bridgehead atoms. The van der Waals surface area contributed by atoms with Crippen LogP contribution in [-0.2, 0) is 11.2 Å². The van der Waals surface area contributed by atoms with Crippen molar-refractivity contribution in [3.63, 3.8) is 0 Å². The van der Waals surface area contributed by atoms with Gasteiger partial charge in [0.2, 0.25) is 5.91 Å². The molecule has 1 aromatic rings. The zero-order valence-corrected chi connectivity index (χ0v) is 10.2. The largest absolute Gasteiger partial charge is 0.312 e. The van der Waals surface area contributed by atoms with Crippen molar-refractivity contribution in [2.45, 2.75) is 13.3 Å². The first-order valence-corrected chi connectivity index (χ1v) is 5.55. The number of nitro benzene ring substituents is 1. The van der Waals surface area contributed by atoms with Gasteiger partial charge in [-0.15, -0.1) is 0 Å². The third kappa shape index (κ3) is 1.69. The minimum Gasteiger partial charge on any atom is -0.312 e. The number of carbonyl (C=O) groups is 1. The lowest BCUT2D eigenvalue weighted by atomic mass is 10.1. The molecule has 0 atom stereocenters. The molecule has 0 unspecified atom stereocenters. The lowest BCUT2D eigenvalue weighted by molar-refractivity contribution is -0.385. The number of hydrogen-bond acceptors (Lipinski definition) is 3. The minimum absolute atomic E-state index is 0.0421. The second-order valence-electron chi connectivity index (χ2n) is 3.61. The third-order valence-corrected chi connectivity index (χ3v) is 3.26. The Hall–Kier alpha value is -1.43. The van der Waals surface area contributed by atoms with E-state index in [1.807, 2.05) is 0 Å². The molecular weight excluding hydrogens is 276 g/mol. The van der Waals surface area contributed by atoms with Crippen LogP contribution in [-0.4, -0.2) is 17.4 Å². The van der Waals surface area contributed by atoms with Crippen LogP contribution in [0, 0.1) is 10.1 Å². The third-order valence-electron chi connectivity index (χ3n) is 2.62. The fourth-order valence-electron chi connectivity index (χ4n) is 1.87. The van der Waals surface area contributed by atoms with Gasteiger partial charge in [-0.3, -0.25) is 14.9 Å². The molecule has 1 amide bonds. The molecule has 2 rings (SSSR count). The van der Waals surface area contributed by atoms with Crippen LogP contribution < -0.4 is 4.90 Å². The van der Waals surface area contributed by atoms with E-state index in [0.717, 1.165) is 11.3 Å². The van der Waals surface area contributed by atoms with Gasteiger partial charge in [0.25, 0.3) is 5.69 Å². The van der Waals surface area contributed by atoms with Crippen molar-refractivity contribution in [3.05, 3.63) is 32.3 Å². The Bertz CT molecular complexity index is 487. The van der Waals surface area contributed by atoms with Gasteiger partial charge in [-0.2, -0.15) is 0 Å². The summed E-state index contributed by atoms with van der Waals surface area (Å²) < 4.78 is 0.407. The van der Waals surface area contributed by atoms with E-state index in [9.17, 15) is 14.9 Å². The van der Waals surface area contributed by atoms with Crippen molar-refractivity contribution in [3.8, 4) is 0 Å². The number of benzene rings is 1. The summed E-state index contributed by atoms with van der Waals surface area (Å²) in [5.41, 5.74) is 1.67. The van der Waals surface area contributed by atoms with Crippen molar-refractivity contribution in [1.82, 2.24) is 0 Å². The fourth-order valence-corrected chi connectivity index (χ4v) is 2.34. The zero-order valence-electron chi connectivity index (χ0n) is 8.57. The number of halogens is 1. The molecule has 16 heavy (non-hydrogen) atoms. The van der Waals surface area contributed by atoms with Gasteiger partial charge in [-0.1, -0.05) is 0 Å². The van der Waals surface area contributed by atoms with E-state index in [1.54, 1.807) is 11.0 Å². The lowest BCUT2D eigenvalue weighted by Crippen LogP contribution is -2.25. The van der Waals surface area contributed by atoms with Gasteiger partial charge in [0, 0.05) is 25.2 Å². The molecule has 0 fully saturated rings. The number of nitrogens with zero attached hydrogens (tertiary/aromatic N) is 2. The maximum atomic E-state index is 11.3. The Kier molecular flexibility index (Phi) is 2.67. The molecular formula is C10H9BrN2O3. The molecule has 0 aromatic heterocycles. The first kappa shape index (κ1) is 11.1. The van der Waals surface area contributed by atoms with Gasteiger partial charge in [-0.05, 0) is 34.0 Å². The second kappa shape index (κ2) is 3.86. The summed E-state index contributed by atoms with van der Waals surface area (Å²) in [7, 11) is 0. The van der Waals surface area contributed by atoms with Crippen LogP contribution in [0.4, 0.5) is 11.4 Å². The van der Waals surface area contributed by atoms with Crippen molar-refractivity contribution in [1.29, 1.82) is 0 Å². The Labute approximate surface area is 100 Å². The van der Waals surface area contributed by atoms with Crippen LogP contribution in [0.15, 0.2) is 16.6 Å². The predicted molar refractivity (Wildman–Crippen MR) is 62.5 cm³/mol. The summed E-state index contributed by atoms with van der Waals surface area (Å²) in [6.07, 6.45) is 0.670. The smallest absolute Gasteiger partial charge is 0.283 e. The highest BCUT2D eigenvalue weighted by molar-refractivity contribution is 9.10. The molecule has 5 nitrogen and oxygen atoms in total. The van der Waals surface area contributed by atoms with E-state index in [1.165, 1.54) is 13.0 Å². The van der Waals surface area contributed by atoms with Crippen molar-refractivity contribution < 1.29 is 9.72 Å². The summed E-state index contributed by atoms with van der Waals surface area (Å²) in [6.45, 7) is 2.09. The van der Waals surface area contributed by atoms with E-state index in [4.69, 9.17) is 0 Å². The topological polar surface area (TPSA) is 63.5 Å². The monoisotopic (exact) mass is 284 g/mol. The van der Waals surface area contributed by atoms with Gasteiger partial charge in [0.05, 0.1) is 9.40 Å². The number of anilines is 1. The molecule has 0 N–H and O–H groups in total. The van der Waals surface area contributed by atoms with E-state index in [0.29, 0.717) is 17.4 Å². The standard InChI is InChI=1S/C10H9BrN2O3/c1-6(14)12-3-2-7-4-10(13(15)16)8(11)5-9(7)12/h4-5H,2-3H2,1H3. The van der Waals surface area contributed by atoms with Gasteiger partial charge >= 0.3 is 0 Å². The Morgan fingerprint density at radius 2 is 2.25 bits per heavy atom. The van der Waals surface area contributed by atoms with E-state index < -0.39 is 4.92 Å². The average Bonchev–Trinajstić information content (AvgIpc) is 2.58. The normalized spacial score (nSPS) is 13.8. The average molecular weight is 285 g/mol. The highest BCUT2D eigenvalue weighted by Crippen LogP contribution is 2.36. The van der Waals surface area contributed by atoms with Gasteiger partial charge in [0.15, 0.2) is 0 Å². The highest BCUT2D eigenvalue weighted by atomic mass is 79.9. The summed E-state index contributed by atoms with van der Waals surface area (Å²) in [5, 5.41) is 10.7. The number of amides is 1. The van der Waals surface area contributed by atoms with Crippen LogP contribution in [0.3, 0.4) is 0 Å². The molecule has 1 aliphatic rings. The molecule has 0 radical (unpaired) electrons. The molecule has 84 valence electrons. The molecule has 1 heterocycles. The number of fused-ring (bicyclic) bond motifs is 1. The predicted octanol–water partition coefficient (Wildman–Crippen LogP) is 2.27. The molecule has 0 spiro atoms. The van der Waals surface area contributed by atoms with Crippen LogP contribution in [0.5, 0.6) is 0 Å². The minimum atomic E-state index is -0.430. The molecule has 1 aromatic carbocycles.